The molecule has 0 saturated carbocycles. The third-order valence-electron chi connectivity index (χ3n) is 2.13. The van der Waals surface area contributed by atoms with Crippen molar-refractivity contribution in [2.45, 2.75) is 13.8 Å². The molecule has 0 heterocycles. The minimum absolute atomic E-state index is 0.117. The summed E-state index contributed by atoms with van der Waals surface area (Å²) in [6.07, 6.45) is 0. The number of phosphoric ester groups is 1. The second-order valence-corrected chi connectivity index (χ2v) is 4.98. The van der Waals surface area contributed by atoms with Crippen LogP contribution in [0.4, 0.5) is 0 Å². The van der Waals surface area contributed by atoms with E-state index in [9.17, 15) is 4.57 Å². The summed E-state index contributed by atoms with van der Waals surface area (Å²) in [5, 5.41) is 0. The quantitative estimate of drug-likeness (QED) is 0.809. The number of rotatable bonds is 4. The zero-order chi connectivity index (χ0) is 13.2. The predicted octanol–water partition coefficient (Wildman–Crippen LogP) is 3.22. The molecule has 17 heavy (non-hydrogen) atoms. The maximum atomic E-state index is 10.9. The van der Waals surface area contributed by atoms with Crippen LogP contribution < -0.4 is 4.52 Å². The SMILES string of the molecule is C=C(C)c1cccc(OP(=O)(O)O)c1C(=C)C. The molecule has 0 aliphatic carbocycles. The van der Waals surface area contributed by atoms with Crippen molar-refractivity contribution < 1.29 is 18.9 Å². The lowest BCUT2D eigenvalue weighted by atomic mass is 9.96. The average Bonchev–Trinajstić information content (AvgIpc) is 2.14. The lowest BCUT2D eigenvalue weighted by Crippen LogP contribution is -1.97. The van der Waals surface area contributed by atoms with Crippen LogP contribution in [0.3, 0.4) is 0 Å². The molecule has 0 atom stereocenters. The lowest BCUT2D eigenvalue weighted by Gasteiger charge is -2.15. The zero-order valence-electron chi connectivity index (χ0n) is 9.80. The van der Waals surface area contributed by atoms with Gasteiger partial charge in [0, 0.05) is 5.56 Å². The van der Waals surface area contributed by atoms with Gasteiger partial charge in [0.2, 0.25) is 0 Å². The van der Waals surface area contributed by atoms with E-state index < -0.39 is 7.82 Å². The molecule has 0 aromatic heterocycles. The molecule has 0 bridgehead atoms. The zero-order valence-corrected chi connectivity index (χ0v) is 10.7. The molecule has 0 spiro atoms. The van der Waals surface area contributed by atoms with E-state index in [2.05, 4.69) is 17.7 Å². The van der Waals surface area contributed by atoms with Crippen LogP contribution in [0.15, 0.2) is 31.4 Å². The largest absolute Gasteiger partial charge is 0.524 e. The van der Waals surface area contributed by atoms with Crippen molar-refractivity contribution in [3.8, 4) is 5.75 Å². The number of hydrogen-bond donors (Lipinski definition) is 2. The minimum atomic E-state index is -4.58. The second-order valence-electron chi connectivity index (χ2n) is 3.82. The maximum absolute atomic E-state index is 10.9. The highest BCUT2D eigenvalue weighted by Gasteiger charge is 2.20. The van der Waals surface area contributed by atoms with E-state index in [1.54, 1.807) is 19.1 Å². The molecular weight excluding hydrogens is 239 g/mol. The van der Waals surface area contributed by atoms with E-state index in [-0.39, 0.29) is 5.75 Å². The van der Waals surface area contributed by atoms with Crippen LogP contribution in [-0.2, 0) is 4.57 Å². The Hall–Kier alpha value is -1.35. The van der Waals surface area contributed by atoms with Gasteiger partial charge in [-0.25, -0.2) is 4.57 Å². The van der Waals surface area contributed by atoms with Gasteiger partial charge in [-0.05, 0) is 31.1 Å². The molecule has 1 aromatic carbocycles. The first kappa shape index (κ1) is 13.7. The Morgan fingerprint density at radius 1 is 1.24 bits per heavy atom. The van der Waals surface area contributed by atoms with Crippen molar-refractivity contribution >= 4 is 19.0 Å². The molecule has 0 aliphatic heterocycles. The smallest absolute Gasteiger partial charge is 0.404 e. The Balaban J connectivity index is 3.40. The van der Waals surface area contributed by atoms with Crippen LogP contribution in [0.2, 0.25) is 0 Å². The molecule has 5 heteroatoms. The van der Waals surface area contributed by atoms with Crippen molar-refractivity contribution in [3.63, 3.8) is 0 Å². The fraction of sp³-hybridized carbons (Fsp3) is 0.167. The van der Waals surface area contributed by atoms with Gasteiger partial charge in [-0.2, -0.15) is 0 Å². The van der Waals surface area contributed by atoms with Crippen molar-refractivity contribution in [2.24, 2.45) is 0 Å². The topological polar surface area (TPSA) is 66.8 Å². The molecule has 92 valence electrons. The molecule has 0 amide bonds. The van der Waals surface area contributed by atoms with Crippen LogP contribution >= 0.6 is 7.82 Å². The van der Waals surface area contributed by atoms with E-state index in [4.69, 9.17) is 9.79 Å². The summed E-state index contributed by atoms with van der Waals surface area (Å²) in [6, 6.07) is 4.95. The van der Waals surface area contributed by atoms with Gasteiger partial charge in [-0.15, -0.1) is 0 Å². The summed E-state index contributed by atoms with van der Waals surface area (Å²) in [4.78, 5) is 17.7. The van der Waals surface area contributed by atoms with Gasteiger partial charge in [-0.1, -0.05) is 30.9 Å². The number of allylic oxidation sites excluding steroid dienone is 2. The van der Waals surface area contributed by atoms with Gasteiger partial charge in [-0.3, -0.25) is 9.79 Å². The number of phosphoric acid groups is 1. The van der Waals surface area contributed by atoms with Gasteiger partial charge in [0.25, 0.3) is 0 Å². The van der Waals surface area contributed by atoms with Gasteiger partial charge in [0.05, 0.1) is 0 Å². The molecular formula is C12H15O4P. The summed E-state index contributed by atoms with van der Waals surface area (Å²) in [6.45, 7) is 11.2. The third-order valence-corrected chi connectivity index (χ3v) is 2.56. The first-order chi connectivity index (χ1) is 7.72. The van der Waals surface area contributed by atoms with Crippen LogP contribution in [-0.4, -0.2) is 9.79 Å². The Morgan fingerprint density at radius 2 is 1.82 bits per heavy atom. The molecule has 2 N–H and O–H groups in total. The Bertz CT molecular complexity index is 513. The van der Waals surface area contributed by atoms with E-state index in [0.29, 0.717) is 11.1 Å². The van der Waals surface area contributed by atoms with E-state index in [1.165, 1.54) is 6.07 Å². The van der Waals surface area contributed by atoms with Crippen molar-refractivity contribution in [3.05, 3.63) is 42.5 Å². The fourth-order valence-electron chi connectivity index (χ4n) is 1.53. The highest BCUT2D eigenvalue weighted by Crippen LogP contribution is 2.42. The standard InChI is InChI=1S/C12H15O4P/c1-8(2)10-6-5-7-11(12(10)9(3)4)16-17(13,14)15/h5-7H,1,3H2,2,4H3,(H2,13,14,15). The Labute approximate surface area is 100 Å². The van der Waals surface area contributed by atoms with Crippen molar-refractivity contribution in [1.82, 2.24) is 0 Å². The maximum Gasteiger partial charge on any atom is 0.524 e. The molecule has 0 unspecified atom stereocenters. The van der Waals surface area contributed by atoms with Gasteiger partial charge in [0.1, 0.15) is 5.75 Å². The van der Waals surface area contributed by atoms with Crippen molar-refractivity contribution in [2.75, 3.05) is 0 Å². The normalized spacial score (nSPS) is 11.1. The second kappa shape index (κ2) is 4.88. The van der Waals surface area contributed by atoms with Crippen molar-refractivity contribution in [1.29, 1.82) is 0 Å². The summed E-state index contributed by atoms with van der Waals surface area (Å²) >= 11 is 0. The first-order valence-corrected chi connectivity index (χ1v) is 6.45. The Kier molecular flexibility index (Phi) is 3.94. The third kappa shape index (κ3) is 3.56. The highest BCUT2D eigenvalue weighted by atomic mass is 31.2. The number of benzene rings is 1. The molecule has 1 rings (SSSR count). The van der Waals surface area contributed by atoms with E-state index in [0.717, 1.165) is 11.1 Å². The average molecular weight is 254 g/mol. The molecule has 0 aliphatic rings. The monoisotopic (exact) mass is 254 g/mol. The van der Waals surface area contributed by atoms with Gasteiger partial charge < -0.3 is 4.52 Å². The fourth-order valence-corrected chi connectivity index (χ4v) is 1.94. The lowest BCUT2D eigenvalue weighted by molar-refractivity contribution is 0.283. The van der Waals surface area contributed by atoms with E-state index >= 15 is 0 Å². The predicted molar refractivity (Wildman–Crippen MR) is 68.5 cm³/mol. The van der Waals surface area contributed by atoms with Gasteiger partial charge in [0.15, 0.2) is 0 Å². The minimum Gasteiger partial charge on any atom is -0.404 e. The summed E-state index contributed by atoms with van der Waals surface area (Å²) in [5.41, 5.74) is 2.78. The number of hydrogen-bond acceptors (Lipinski definition) is 2. The molecule has 4 nitrogen and oxygen atoms in total. The molecule has 0 saturated heterocycles. The van der Waals surface area contributed by atoms with Gasteiger partial charge >= 0.3 is 7.82 Å². The molecule has 0 radical (unpaired) electrons. The van der Waals surface area contributed by atoms with Crippen LogP contribution in [0.5, 0.6) is 5.75 Å². The highest BCUT2D eigenvalue weighted by molar-refractivity contribution is 7.46. The summed E-state index contributed by atoms with van der Waals surface area (Å²) in [5.74, 6) is 0.117. The molecule has 0 fully saturated rings. The van der Waals surface area contributed by atoms with Crippen LogP contribution in [0, 0.1) is 0 Å². The van der Waals surface area contributed by atoms with Crippen LogP contribution in [0.25, 0.3) is 11.1 Å². The molecule has 1 aromatic rings. The van der Waals surface area contributed by atoms with Crippen LogP contribution in [0.1, 0.15) is 25.0 Å². The Morgan fingerprint density at radius 3 is 2.24 bits per heavy atom. The van der Waals surface area contributed by atoms with E-state index in [1.807, 2.05) is 6.92 Å². The summed E-state index contributed by atoms with van der Waals surface area (Å²) in [7, 11) is -4.58. The first-order valence-electron chi connectivity index (χ1n) is 4.92. The summed E-state index contributed by atoms with van der Waals surface area (Å²) < 4.78 is 15.5.